The summed E-state index contributed by atoms with van der Waals surface area (Å²) in [4.78, 5) is 22.6. The number of carbonyl (C=O) groups excluding carboxylic acids is 1. The average molecular weight is 424 g/mol. The van der Waals surface area contributed by atoms with Crippen LogP contribution in [0, 0.1) is 5.92 Å². The minimum atomic E-state index is -1.28. The topological polar surface area (TPSA) is 75.4 Å². The summed E-state index contributed by atoms with van der Waals surface area (Å²) in [5.74, 6) is 3.06. The van der Waals surface area contributed by atoms with E-state index in [9.17, 15) is 9.18 Å². The van der Waals surface area contributed by atoms with Gasteiger partial charge >= 0.3 is 0 Å². The van der Waals surface area contributed by atoms with E-state index in [1.54, 1.807) is 6.20 Å². The van der Waals surface area contributed by atoms with Gasteiger partial charge in [-0.05, 0) is 37.7 Å². The van der Waals surface area contributed by atoms with Crippen LogP contribution in [-0.2, 0) is 4.79 Å². The number of aromatic nitrogens is 3. The van der Waals surface area contributed by atoms with Crippen LogP contribution in [0.1, 0.15) is 38.2 Å². The van der Waals surface area contributed by atoms with Crippen LogP contribution in [0.5, 0.6) is 0 Å². The number of fused-ring (bicyclic) bond motifs is 2. The molecule has 3 aliphatic heterocycles. The summed E-state index contributed by atoms with van der Waals surface area (Å²) in [6, 6.07) is 0.594. The lowest BCUT2D eigenvalue weighted by molar-refractivity contribution is -0.136. The molecule has 2 aromatic heterocycles. The molecule has 0 N–H and O–H groups in total. The summed E-state index contributed by atoms with van der Waals surface area (Å²) < 4.78 is 18.7. The smallest absolute Gasteiger partial charge is 0.259 e. The average Bonchev–Trinajstić information content (AvgIpc) is 3.50. The Morgan fingerprint density at radius 1 is 1.29 bits per heavy atom. The van der Waals surface area contributed by atoms with E-state index >= 15 is 0 Å². The molecule has 0 saturated carbocycles. The van der Waals surface area contributed by atoms with Gasteiger partial charge in [-0.2, -0.15) is 11.8 Å². The fourth-order valence-electron chi connectivity index (χ4n) is 4.34. The SMILES string of the molecule is CC(F)c1nnc(-c2cnc(N3CC4CC3CN4C(=O)C3CCSCC3)s2)o1. The minimum Gasteiger partial charge on any atom is -0.417 e. The lowest BCUT2D eigenvalue weighted by Gasteiger charge is -2.36. The monoisotopic (exact) mass is 423 g/mol. The third kappa shape index (κ3) is 3.20. The van der Waals surface area contributed by atoms with E-state index in [1.807, 2.05) is 11.8 Å². The third-order valence-corrected chi connectivity index (χ3v) is 7.90. The predicted octanol–water partition coefficient (Wildman–Crippen LogP) is 3.16. The maximum absolute atomic E-state index is 13.3. The molecule has 7 nitrogen and oxygen atoms in total. The quantitative estimate of drug-likeness (QED) is 0.748. The van der Waals surface area contributed by atoms with Crippen molar-refractivity contribution in [2.75, 3.05) is 29.5 Å². The first-order chi connectivity index (χ1) is 13.6. The summed E-state index contributed by atoms with van der Waals surface area (Å²) in [7, 11) is 0. The van der Waals surface area contributed by atoms with Crippen LogP contribution in [0.2, 0.25) is 0 Å². The number of nitrogens with zero attached hydrogens (tertiary/aromatic N) is 5. The number of likely N-dealkylation sites (tertiary alicyclic amines) is 1. The fraction of sp³-hybridized carbons (Fsp3) is 0.667. The van der Waals surface area contributed by atoms with Crippen LogP contribution >= 0.6 is 23.1 Å². The van der Waals surface area contributed by atoms with Crippen molar-refractivity contribution in [3.05, 3.63) is 12.1 Å². The van der Waals surface area contributed by atoms with Crippen LogP contribution in [0.4, 0.5) is 9.52 Å². The normalized spacial score (nSPS) is 26.2. The number of piperazine rings is 1. The Morgan fingerprint density at radius 2 is 2.11 bits per heavy atom. The first-order valence-electron chi connectivity index (χ1n) is 9.68. The van der Waals surface area contributed by atoms with Crippen LogP contribution < -0.4 is 4.90 Å². The first kappa shape index (κ1) is 18.4. The maximum atomic E-state index is 13.3. The van der Waals surface area contributed by atoms with Gasteiger partial charge in [0.25, 0.3) is 11.8 Å². The van der Waals surface area contributed by atoms with E-state index in [2.05, 4.69) is 25.0 Å². The molecule has 3 saturated heterocycles. The highest BCUT2D eigenvalue weighted by molar-refractivity contribution is 7.99. The summed E-state index contributed by atoms with van der Waals surface area (Å²) in [6.45, 7) is 2.98. The second kappa shape index (κ2) is 7.29. The highest BCUT2D eigenvalue weighted by Gasteiger charge is 2.47. The van der Waals surface area contributed by atoms with E-state index in [-0.39, 0.29) is 17.9 Å². The number of thioether (sulfide) groups is 1. The molecular weight excluding hydrogens is 401 g/mol. The molecule has 3 fully saturated rings. The number of hydrogen-bond acceptors (Lipinski definition) is 8. The van der Waals surface area contributed by atoms with Crippen molar-refractivity contribution in [3.63, 3.8) is 0 Å². The van der Waals surface area contributed by atoms with Gasteiger partial charge < -0.3 is 14.2 Å². The van der Waals surface area contributed by atoms with Gasteiger partial charge in [0, 0.05) is 19.0 Å². The standard InChI is InChI=1S/C18H22FN5O2S2/c1-10(19)15-21-22-16(26-15)14-7-20-18(28-14)24-9-12-6-13(24)8-23(12)17(25)11-2-4-27-5-3-11/h7,10-13H,2-6,8-9H2,1H3. The largest absolute Gasteiger partial charge is 0.417 e. The molecule has 2 aromatic rings. The van der Waals surface area contributed by atoms with Crippen molar-refractivity contribution >= 4 is 34.1 Å². The van der Waals surface area contributed by atoms with Crippen molar-refractivity contribution < 1.29 is 13.6 Å². The summed E-state index contributed by atoms with van der Waals surface area (Å²) in [6.07, 6.45) is 3.46. The van der Waals surface area contributed by atoms with Gasteiger partial charge in [0.1, 0.15) is 4.88 Å². The summed E-state index contributed by atoms with van der Waals surface area (Å²) >= 11 is 3.43. The van der Waals surface area contributed by atoms with Gasteiger partial charge in [-0.3, -0.25) is 4.79 Å². The van der Waals surface area contributed by atoms with Gasteiger partial charge in [0.05, 0.1) is 18.3 Å². The lowest BCUT2D eigenvalue weighted by Crippen LogP contribution is -2.50. The van der Waals surface area contributed by atoms with Crippen LogP contribution in [-0.4, -0.2) is 62.7 Å². The number of thiazole rings is 1. The fourth-order valence-corrected chi connectivity index (χ4v) is 6.37. The van der Waals surface area contributed by atoms with Crippen LogP contribution in [0.25, 0.3) is 10.8 Å². The van der Waals surface area contributed by atoms with E-state index in [0.717, 1.165) is 53.9 Å². The number of rotatable bonds is 4. The molecule has 2 bridgehead atoms. The Balaban J connectivity index is 1.26. The van der Waals surface area contributed by atoms with Crippen LogP contribution in [0.15, 0.2) is 10.6 Å². The maximum Gasteiger partial charge on any atom is 0.259 e. The number of carbonyl (C=O) groups is 1. The number of anilines is 1. The molecule has 28 heavy (non-hydrogen) atoms. The zero-order valence-electron chi connectivity index (χ0n) is 15.6. The molecule has 3 aliphatic rings. The van der Waals surface area contributed by atoms with E-state index in [1.165, 1.54) is 18.3 Å². The van der Waals surface area contributed by atoms with Crippen molar-refractivity contribution in [3.8, 4) is 10.8 Å². The Hall–Kier alpha value is -1.68. The summed E-state index contributed by atoms with van der Waals surface area (Å²) in [5.41, 5.74) is 0. The van der Waals surface area contributed by atoms with Gasteiger partial charge in [-0.25, -0.2) is 9.37 Å². The molecule has 0 aliphatic carbocycles. The van der Waals surface area contributed by atoms with Gasteiger partial charge in [-0.15, -0.1) is 10.2 Å². The Labute approximate surface area is 170 Å². The molecule has 0 spiro atoms. The molecule has 150 valence electrons. The minimum absolute atomic E-state index is 0.0135. The molecular formula is C18H22FN5O2S2. The lowest BCUT2D eigenvalue weighted by atomic mass is 10.0. The Morgan fingerprint density at radius 3 is 2.79 bits per heavy atom. The number of alkyl halides is 1. The van der Waals surface area contributed by atoms with Gasteiger partial charge in [0.2, 0.25) is 5.91 Å². The first-order valence-corrected chi connectivity index (χ1v) is 11.7. The molecule has 10 heteroatoms. The second-order valence-corrected chi connectivity index (χ2v) is 9.88. The van der Waals surface area contributed by atoms with Crippen molar-refractivity contribution in [2.45, 2.75) is 44.4 Å². The van der Waals surface area contributed by atoms with Crippen LogP contribution in [0.3, 0.4) is 0 Å². The van der Waals surface area contributed by atoms with E-state index < -0.39 is 6.17 Å². The molecule has 3 unspecified atom stereocenters. The number of halogens is 1. The highest BCUT2D eigenvalue weighted by atomic mass is 32.2. The van der Waals surface area contributed by atoms with Crippen molar-refractivity contribution in [1.29, 1.82) is 0 Å². The molecule has 5 heterocycles. The molecule has 5 rings (SSSR count). The zero-order chi connectivity index (χ0) is 19.3. The second-order valence-electron chi connectivity index (χ2n) is 7.64. The number of hydrogen-bond donors (Lipinski definition) is 0. The molecule has 3 atom stereocenters. The molecule has 0 radical (unpaired) electrons. The molecule has 1 amide bonds. The molecule has 0 aromatic carbocycles. The predicted molar refractivity (Wildman–Crippen MR) is 106 cm³/mol. The van der Waals surface area contributed by atoms with Gasteiger partial charge in [0.15, 0.2) is 11.3 Å². The van der Waals surface area contributed by atoms with Crippen molar-refractivity contribution in [2.24, 2.45) is 5.92 Å². The van der Waals surface area contributed by atoms with Crippen molar-refractivity contribution in [1.82, 2.24) is 20.1 Å². The zero-order valence-corrected chi connectivity index (χ0v) is 17.2. The van der Waals surface area contributed by atoms with E-state index in [4.69, 9.17) is 4.42 Å². The third-order valence-electron chi connectivity index (χ3n) is 5.83. The Kier molecular flexibility index (Phi) is 4.78. The van der Waals surface area contributed by atoms with E-state index in [0.29, 0.717) is 17.8 Å². The summed E-state index contributed by atoms with van der Waals surface area (Å²) in [5, 5.41) is 8.56. The Bertz CT molecular complexity index is 866. The number of amides is 1. The highest BCUT2D eigenvalue weighted by Crippen LogP contribution is 2.40. The van der Waals surface area contributed by atoms with Gasteiger partial charge in [-0.1, -0.05) is 11.3 Å².